The predicted octanol–water partition coefficient (Wildman–Crippen LogP) is 5.10. The molecule has 0 radical (unpaired) electrons. The summed E-state index contributed by atoms with van der Waals surface area (Å²) in [5.41, 5.74) is 3.91. The Bertz CT molecular complexity index is 1060. The third-order valence-corrected chi connectivity index (χ3v) is 8.21. The molecule has 2 bridgehead atoms. The van der Waals surface area contributed by atoms with Gasteiger partial charge in [-0.05, 0) is 42.2 Å². The number of ether oxygens (including phenoxy) is 2. The first-order chi connectivity index (χ1) is 15.6. The molecular formula is C28H35N2O2+. The largest absolute Gasteiger partial charge is 0.497 e. The molecule has 32 heavy (non-hydrogen) atoms. The molecule has 0 spiro atoms. The van der Waals surface area contributed by atoms with Crippen LogP contribution in [-0.4, -0.2) is 55.5 Å². The summed E-state index contributed by atoms with van der Waals surface area (Å²) in [5.74, 6) is 2.31. The van der Waals surface area contributed by atoms with Gasteiger partial charge in [0, 0.05) is 49.4 Å². The number of fused-ring (bicyclic) bond motifs is 4. The monoisotopic (exact) mass is 431 g/mol. The zero-order chi connectivity index (χ0) is 22.1. The Kier molecular flexibility index (Phi) is 5.92. The van der Waals surface area contributed by atoms with Crippen LogP contribution in [0, 0.1) is 11.8 Å². The highest BCUT2D eigenvalue weighted by Gasteiger charge is 2.51. The molecule has 2 aromatic rings. The topological polar surface area (TPSA) is 31.4 Å². The highest BCUT2D eigenvalue weighted by atomic mass is 16.5. The highest BCUT2D eigenvalue weighted by molar-refractivity contribution is 5.83. The van der Waals surface area contributed by atoms with Crippen molar-refractivity contribution in [3.63, 3.8) is 0 Å². The van der Waals surface area contributed by atoms with Crippen LogP contribution >= 0.6 is 0 Å². The normalized spacial score (nSPS) is 31.5. The molecule has 4 heterocycles. The summed E-state index contributed by atoms with van der Waals surface area (Å²) in [6.07, 6.45) is 16.0. The van der Waals surface area contributed by atoms with Crippen molar-refractivity contribution in [2.75, 3.05) is 33.9 Å². The molecule has 3 saturated heterocycles. The van der Waals surface area contributed by atoms with Gasteiger partial charge in [0.2, 0.25) is 0 Å². The predicted molar refractivity (Wildman–Crippen MR) is 130 cm³/mol. The van der Waals surface area contributed by atoms with E-state index in [1.165, 1.54) is 46.9 Å². The summed E-state index contributed by atoms with van der Waals surface area (Å²) in [6, 6.07) is 9.07. The number of hydrogen-bond donors (Lipinski definition) is 0. The van der Waals surface area contributed by atoms with Gasteiger partial charge in [0.05, 0.1) is 37.9 Å². The van der Waals surface area contributed by atoms with E-state index in [1.54, 1.807) is 14.2 Å². The van der Waals surface area contributed by atoms with Crippen LogP contribution in [0.25, 0.3) is 10.9 Å². The first kappa shape index (κ1) is 21.4. The molecule has 0 saturated carbocycles. The minimum absolute atomic E-state index is 0.223. The molecule has 1 aromatic carbocycles. The van der Waals surface area contributed by atoms with Crippen LogP contribution in [0.3, 0.4) is 0 Å². The lowest BCUT2D eigenvalue weighted by atomic mass is 9.71. The van der Waals surface area contributed by atoms with Gasteiger partial charge >= 0.3 is 0 Å². The van der Waals surface area contributed by atoms with Crippen LogP contribution in [0.4, 0.5) is 0 Å². The van der Waals surface area contributed by atoms with E-state index in [4.69, 9.17) is 9.47 Å². The van der Waals surface area contributed by atoms with Crippen molar-refractivity contribution >= 4 is 10.9 Å². The Labute approximate surface area is 191 Å². The summed E-state index contributed by atoms with van der Waals surface area (Å²) >= 11 is 0. The van der Waals surface area contributed by atoms with Gasteiger partial charge in [0.15, 0.2) is 0 Å². The summed E-state index contributed by atoms with van der Waals surface area (Å²) in [6.45, 7) is 7.79. The number of piperidine rings is 3. The molecule has 4 nitrogen and oxygen atoms in total. The van der Waals surface area contributed by atoms with E-state index in [0.29, 0.717) is 12.0 Å². The lowest BCUT2D eigenvalue weighted by molar-refractivity contribution is -0.965. The fraction of sp³-hybridized carbons (Fsp3) is 0.464. The van der Waals surface area contributed by atoms with E-state index in [2.05, 4.69) is 54.1 Å². The third-order valence-electron chi connectivity index (χ3n) is 8.21. The molecule has 4 aliphatic rings. The average Bonchev–Trinajstić information content (AvgIpc) is 2.85. The van der Waals surface area contributed by atoms with E-state index in [0.717, 1.165) is 36.6 Å². The average molecular weight is 432 g/mol. The summed E-state index contributed by atoms with van der Waals surface area (Å²) in [7, 11) is 3.53. The van der Waals surface area contributed by atoms with Gasteiger partial charge < -0.3 is 14.0 Å². The minimum Gasteiger partial charge on any atom is -0.497 e. The van der Waals surface area contributed by atoms with Crippen LogP contribution in [0.5, 0.6) is 5.75 Å². The van der Waals surface area contributed by atoms with Gasteiger partial charge in [-0.15, -0.1) is 6.58 Å². The van der Waals surface area contributed by atoms with Crippen LogP contribution in [0.2, 0.25) is 0 Å². The van der Waals surface area contributed by atoms with Crippen molar-refractivity contribution in [2.24, 2.45) is 11.8 Å². The van der Waals surface area contributed by atoms with E-state index >= 15 is 0 Å². The first-order valence-corrected chi connectivity index (χ1v) is 11.9. The third kappa shape index (κ3) is 3.91. The maximum atomic E-state index is 5.52. The van der Waals surface area contributed by atoms with Crippen molar-refractivity contribution in [1.29, 1.82) is 0 Å². The van der Waals surface area contributed by atoms with Crippen LogP contribution < -0.4 is 4.74 Å². The smallest absolute Gasteiger partial charge is 0.119 e. The summed E-state index contributed by atoms with van der Waals surface area (Å²) in [5, 5.41) is 1.23. The lowest BCUT2D eigenvalue weighted by Crippen LogP contribution is -2.67. The second-order valence-electron chi connectivity index (χ2n) is 9.83. The number of rotatable bonds is 7. The maximum absolute atomic E-state index is 5.52. The van der Waals surface area contributed by atoms with Crippen molar-refractivity contribution in [2.45, 2.75) is 37.8 Å². The van der Waals surface area contributed by atoms with Crippen LogP contribution in [-0.2, 0) is 11.2 Å². The molecule has 168 valence electrons. The van der Waals surface area contributed by atoms with Crippen molar-refractivity contribution in [3.05, 3.63) is 72.5 Å². The number of aromatic nitrogens is 1. The molecule has 0 amide bonds. The van der Waals surface area contributed by atoms with Gasteiger partial charge in [-0.1, -0.05) is 24.3 Å². The fourth-order valence-electron chi connectivity index (χ4n) is 6.35. The minimum atomic E-state index is 0.223. The second kappa shape index (κ2) is 8.84. The molecule has 0 N–H and O–H groups in total. The molecule has 6 rings (SSSR count). The molecule has 5 unspecified atom stereocenters. The van der Waals surface area contributed by atoms with Gasteiger partial charge in [-0.3, -0.25) is 4.98 Å². The zero-order valence-electron chi connectivity index (χ0n) is 19.4. The molecular weight excluding hydrogens is 396 g/mol. The number of methoxy groups -OCH3 is 2. The number of quaternary nitrogens is 1. The summed E-state index contributed by atoms with van der Waals surface area (Å²) < 4.78 is 12.2. The fourth-order valence-corrected chi connectivity index (χ4v) is 6.35. The van der Waals surface area contributed by atoms with E-state index in [-0.39, 0.29) is 6.10 Å². The standard InChI is InChI=1S/C28H35N2O2/c1-4-21-19-30(18-20-5-7-25(31-2)8-6-20)14-12-22(21)15-24(30)16-23-11-13-29-28-10-9-26(32-3)17-27(23)28/h4-7,9-11,13,17,21-22,24-25H,1,8,12,14-16,18-19H2,2-3H3/q+1. The Balaban J connectivity index is 1.46. The second-order valence-corrected chi connectivity index (χ2v) is 9.83. The van der Waals surface area contributed by atoms with Crippen molar-refractivity contribution in [3.8, 4) is 5.75 Å². The molecule has 5 atom stereocenters. The Morgan fingerprint density at radius 3 is 2.91 bits per heavy atom. The van der Waals surface area contributed by atoms with Crippen LogP contribution in [0.1, 0.15) is 24.8 Å². The lowest BCUT2D eigenvalue weighted by Gasteiger charge is -2.57. The number of pyridine rings is 1. The zero-order valence-corrected chi connectivity index (χ0v) is 19.4. The summed E-state index contributed by atoms with van der Waals surface area (Å²) in [4.78, 5) is 4.61. The molecule has 3 aliphatic heterocycles. The van der Waals surface area contributed by atoms with E-state index in [9.17, 15) is 0 Å². The highest BCUT2D eigenvalue weighted by Crippen LogP contribution is 2.44. The van der Waals surface area contributed by atoms with Gasteiger partial charge in [-0.2, -0.15) is 0 Å². The molecule has 3 fully saturated rings. The SMILES string of the molecule is C=CC1C[N+]2(CC3=CCC(OC)C=C3)CCC1CC2Cc1ccnc2ccc(OC)cc12. The van der Waals surface area contributed by atoms with Crippen LogP contribution in [0.15, 0.2) is 66.9 Å². The van der Waals surface area contributed by atoms with Crippen molar-refractivity contribution in [1.82, 2.24) is 4.98 Å². The van der Waals surface area contributed by atoms with E-state index in [1.807, 2.05) is 12.3 Å². The number of benzene rings is 1. The Morgan fingerprint density at radius 2 is 2.16 bits per heavy atom. The molecule has 4 heteroatoms. The number of hydrogen-bond acceptors (Lipinski definition) is 3. The molecule has 1 aliphatic carbocycles. The van der Waals surface area contributed by atoms with Crippen molar-refractivity contribution < 1.29 is 14.0 Å². The first-order valence-electron chi connectivity index (χ1n) is 11.9. The van der Waals surface area contributed by atoms with Gasteiger partial charge in [0.25, 0.3) is 0 Å². The maximum Gasteiger partial charge on any atom is 0.119 e. The quantitative estimate of drug-likeness (QED) is 0.452. The van der Waals surface area contributed by atoms with E-state index < -0.39 is 0 Å². The number of nitrogens with zero attached hydrogens (tertiary/aromatic N) is 2. The molecule has 1 aromatic heterocycles. The van der Waals surface area contributed by atoms with Gasteiger partial charge in [-0.25, -0.2) is 0 Å². The Hall–Kier alpha value is -2.43. The Morgan fingerprint density at radius 1 is 1.25 bits per heavy atom. The van der Waals surface area contributed by atoms with Gasteiger partial charge in [0.1, 0.15) is 12.3 Å².